The number of halogens is 1. The van der Waals surface area contributed by atoms with Crippen molar-refractivity contribution in [2.75, 3.05) is 20.8 Å². The Morgan fingerprint density at radius 3 is 2.47 bits per heavy atom. The minimum atomic E-state index is -1.18. The minimum absolute atomic E-state index is 0.335. The summed E-state index contributed by atoms with van der Waals surface area (Å²) in [5.41, 5.74) is 3.48. The molecule has 6 nitrogen and oxygen atoms in total. The summed E-state index contributed by atoms with van der Waals surface area (Å²) in [6.45, 7) is 12.1. The number of benzene rings is 1. The van der Waals surface area contributed by atoms with Crippen LogP contribution in [0.5, 0.6) is 11.5 Å². The first-order valence-corrected chi connectivity index (χ1v) is 13.9. The summed E-state index contributed by atoms with van der Waals surface area (Å²) in [4.78, 5) is 0. The third kappa shape index (κ3) is 4.69. The Hall–Kier alpha value is -2.35. The Labute approximate surface area is 183 Å². The second kappa shape index (κ2) is 9.20. The Balaban J connectivity index is 2.12. The van der Waals surface area contributed by atoms with Gasteiger partial charge in [0, 0.05) is 31.2 Å². The molecule has 0 atom stereocenters. The second-order valence-corrected chi connectivity index (χ2v) is 14.2. The molecule has 2 aromatic heterocycles. The molecule has 0 saturated heterocycles. The van der Waals surface area contributed by atoms with Gasteiger partial charge in [0.25, 0.3) is 0 Å². The zero-order valence-electron chi connectivity index (χ0n) is 18.2. The van der Waals surface area contributed by atoms with Crippen molar-refractivity contribution in [1.29, 1.82) is 0 Å². The van der Waals surface area contributed by atoms with E-state index < -0.39 is 8.07 Å². The van der Waals surface area contributed by atoms with Gasteiger partial charge in [-0.25, -0.2) is 0 Å². The lowest BCUT2D eigenvalue weighted by atomic mass is 10.1. The van der Waals surface area contributed by atoms with Crippen LogP contribution in [-0.2, 0) is 11.5 Å². The summed E-state index contributed by atoms with van der Waals surface area (Å²) in [5.74, 6) is 1.31. The molecule has 0 radical (unpaired) electrons. The van der Waals surface area contributed by atoms with Crippen LogP contribution in [0.1, 0.15) is 5.56 Å². The molecular weight excluding hydrogens is 418 g/mol. The van der Waals surface area contributed by atoms with Crippen molar-refractivity contribution in [1.82, 2.24) is 14.8 Å². The van der Waals surface area contributed by atoms with Gasteiger partial charge in [0.05, 0.1) is 19.9 Å². The first-order valence-electron chi connectivity index (χ1n) is 9.77. The molecule has 0 bridgehead atoms. The molecule has 0 aliphatic carbocycles. The number of ether oxygens (including phenoxy) is 3. The van der Waals surface area contributed by atoms with Gasteiger partial charge in [-0.15, -0.1) is 10.2 Å². The maximum absolute atomic E-state index is 6.14. The molecule has 0 saturated carbocycles. The summed E-state index contributed by atoms with van der Waals surface area (Å²) < 4.78 is 19.0. The average Bonchev–Trinajstić information content (AvgIpc) is 3.02. The molecule has 2 heterocycles. The average molecular weight is 446 g/mol. The first-order chi connectivity index (χ1) is 14.3. The van der Waals surface area contributed by atoms with E-state index in [4.69, 9.17) is 25.8 Å². The molecule has 0 fully saturated rings. The van der Waals surface area contributed by atoms with E-state index >= 15 is 0 Å². The lowest BCUT2D eigenvalue weighted by molar-refractivity contribution is 0.0908. The van der Waals surface area contributed by atoms with Crippen LogP contribution in [0.2, 0.25) is 30.8 Å². The first kappa shape index (κ1) is 22.3. The molecule has 0 aliphatic heterocycles. The van der Waals surface area contributed by atoms with E-state index in [1.165, 1.54) is 0 Å². The number of aromatic nitrogens is 3. The van der Waals surface area contributed by atoms with Gasteiger partial charge >= 0.3 is 0 Å². The summed E-state index contributed by atoms with van der Waals surface area (Å²) in [6, 6.07) is 8.70. The highest BCUT2D eigenvalue weighted by molar-refractivity contribution is 6.76. The molecule has 1 aromatic carbocycles. The monoisotopic (exact) mass is 445 g/mol. The molecule has 30 heavy (non-hydrogen) atoms. The molecule has 0 spiro atoms. The fourth-order valence-corrected chi connectivity index (χ4v) is 4.20. The summed E-state index contributed by atoms with van der Waals surface area (Å²) in [6.07, 6.45) is 1.81. The van der Waals surface area contributed by atoms with Crippen LogP contribution in [0.25, 0.3) is 28.4 Å². The van der Waals surface area contributed by atoms with Gasteiger partial charge in [-0.05, 0) is 30.3 Å². The minimum Gasteiger partial charge on any atom is -0.493 e. The van der Waals surface area contributed by atoms with Gasteiger partial charge in [0.2, 0.25) is 0 Å². The molecule has 0 amide bonds. The number of methoxy groups -OCH3 is 2. The zero-order valence-corrected chi connectivity index (χ0v) is 19.9. The van der Waals surface area contributed by atoms with E-state index in [2.05, 4.69) is 36.4 Å². The molecule has 8 heteroatoms. The summed E-state index contributed by atoms with van der Waals surface area (Å²) in [5, 5.41) is 9.60. The quantitative estimate of drug-likeness (QED) is 0.311. The Morgan fingerprint density at radius 1 is 1.10 bits per heavy atom. The van der Waals surface area contributed by atoms with E-state index in [0.29, 0.717) is 35.6 Å². The van der Waals surface area contributed by atoms with Crippen LogP contribution in [0.3, 0.4) is 0 Å². The smallest absolute Gasteiger partial charge is 0.165 e. The molecule has 3 aromatic rings. The SMILES string of the molecule is C=Cc1c(-c2ccc(OC)c(OC)c2)n(COCC[Si](C)(C)C)c2nnc(Cl)cc12. The number of fused-ring (bicyclic) bond motifs is 1. The fraction of sp³-hybridized carbons (Fsp3) is 0.364. The van der Waals surface area contributed by atoms with Crippen molar-refractivity contribution in [3.63, 3.8) is 0 Å². The second-order valence-electron chi connectivity index (χ2n) is 8.22. The van der Waals surface area contributed by atoms with E-state index in [-0.39, 0.29) is 0 Å². The van der Waals surface area contributed by atoms with Gasteiger partial charge in [0.15, 0.2) is 22.3 Å². The number of hydrogen-bond donors (Lipinski definition) is 0. The third-order valence-electron chi connectivity index (χ3n) is 4.89. The van der Waals surface area contributed by atoms with Crippen LogP contribution in [0, 0.1) is 0 Å². The molecule has 0 N–H and O–H groups in total. The van der Waals surface area contributed by atoms with Crippen LogP contribution in [0.15, 0.2) is 30.8 Å². The van der Waals surface area contributed by atoms with E-state index in [9.17, 15) is 0 Å². The molecule has 160 valence electrons. The Bertz CT molecular complexity index is 1060. The summed E-state index contributed by atoms with van der Waals surface area (Å²) in [7, 11) is 2.06. The van der Waals surface area contributed by atoms with E-state index in [1.54, 1.807) is 14.2 Å². The van der Waals surface area contributed by atoms with Crippen molar-refractivity contribution in [2.24, 2.45) is 0 Å². The lowest BCUT2D eigenvalue weighted by Gasteiger charge is -2.17. The highest BCUT2D eigenvalue weighted by atomic mass is 35.5. The largest absolute Gasteiger partial charge is 0.493 e. The van der Waals surface area contributed by atoms with Gasteiger partial charge < -0.3 is 14.2 Å². The maximum Gasteiger partial charge on any atom is 0.165 e. The number of hydrogen-bond acceptors (Lipinski definition) is 5. The maximum atomic E-state index is 6.14. The van der Waals surface area contributed by atoms with Gasteiger partial charge in [-0.3, -0.25) is 4.57 Å². The number of nitrogens with zero attached hydrogens (tertiary/aromatic N) is 3. The predicted octanol–water partition coefficient (Wildman–Crippen LogP) is 5.72. The lowest BCUT2D eigenvalue weighted by Crippen LogP contribution is -2.22. The zero-order chi connectivity index (χ0) is 21.9. The van der Waals surface area contributed by atoms with Crippen molar-refractivity contribution in [2.45, 2.75) is 32.4 Å². The van der Waals surface area contributed by atoms with Crippen molar-refractivity contribution >= 4 is 36.8 Å². The molecular formula is C22H28ClN3O3Si. The van der Waals surface area contributed by atoms with E-state index in [1.807, 2.05) is 34.9 Å². The highest BCUT2D eigenvalue weighted by Gasteiger charge is 2.21. The van der Waals surface area contributed by atoms with Crippen LogP contribution in [-0.4, -0.2) is 43.7 Å². The van der Waals surface area contributed by atoms with Crippen LogP contribution in [0.4, 0.5) is 0 Å². The van der Waals surface area contributed by atoms with E-state index in [0.717, 1.165) is 28.3 Å². The van der Waals surface area contributed by atoms with Crippen molar-refractivity contribution in [3.05, 3.63) is 41.6 Å². The predicted molar refractivity (Wildman–Crippen MR) is 125 cm³/mol. The third-order valence-corrected chi connectivity index (χ3v) is 6.78. The fourth-order valence-electron chi connectivity index (χ4n) is 3.30. The van der Waals surface area contributed by atoms with Crippen molar-refractivity contribution < 1.29 is 14.2 Å². The Morgan fingerprint density at radius 2 is 1.83 bits per heavy atom. The normalized spacial score (nSPS) is 11.7. The van der Waals surface area contributed by atoms with Gasteiger partial charge in [-0.2, -0.15) is 0 Å². The standard InChI is InChI=1S/C22H28ClN3O3Si/c1-7-16-17-13-20(23)24-25-22(17)26(14-29-10-11-30(4,5)6)21(16)15-8-9-18(27-2)19(12-15)28-3/h7-9,12-13H,1,10-11,14H2,2-6H3. The van der Waals surface area contributed by atoms with Crippen LogP contribution >= 0.6 is 11.6 Å². The number of rotatable bonds is 9. The molecule has 0 aliphatic rings. The highest BCUT2D eigenvalue weighted by Crippen LogP contribution is 2.38. The topological polar surface area (TPSA) is 58.4 Å². The Kier molecular flexibility index (Phi) is 6.85. The summed E-state index contributed by atoms with van der Waals surface area (Å²) >= 11 is 6.14. The van der Waals surface area contributed by atoms with Crippen molar-refractivity contribution in [3.8, 4) is 22.8 Å². The van der Waals surface area contributed by atoms with Gasteiger partial charge in [-0.1, -0.05) is 43.9 Å². The van der Waals surface area contributed by atoms with Crippen LogP contribution < -0.4 is 9.47 Å². The molecule has 3 rings (SSSR count). The molecule has 0 unspecified atom stereocenters. The van der Waals surface area contributed by atoms with Gasteiger partial charge in [0.1, 0.15) is 6.73 Å².